The van der Waals surface area contributed by atoms with Gasteiger partial charge in [0.05, 0.1) is 16.6 Å². The van der Waals surface area contributed by atoms with Gasteiger partial charge >= 0.3 is 0 Å². The van der Waals surface area contributed by atoms with Crippen molar-refractivity contribution in [2.45, 2.75) is 32.7 Å². The summed E-state index contributed by atoms with van der Waals surface area (Å²) in [6.07, 6.45) is 1.32. The Hall–Kier alpha value is -2.48. The van der Waals surface area contributed by atoms with Crippen molar-refractivity contribution in [1.29, 1.82) is 0 Å². The Kier molecular flexibility index (Phi) is 9.57. The zero-order valence-corrected chi connectivity index (χ0v) is 22.6. The van der Waals surface area contributed by atoms with Crippen molar-refractivity contribution in [3.63, 3.8) is 0 Å². The molecule has 2 heterocycles. The molecule has 0 radical (unpaired) electrons. The number of carbonyl (C=O) groups excluding carboxylic acids is 2. The van der Waals surface area contributed by atoms with E-state index in [2.05, 4.69) is 41.1 Å². The van der Waals surface area contributed by atoms with Crippen LogP contribution in [0.25, 0.3) is 0 Å². The van der Waals surface area contributed by atoms with E-state index in [1.165, 1.54) is 12.1 Å². The van der Waals surface area contributed by atoms with Crippen LogP contribution in [0.15, 0.2) is 48.5 Å². The van der Waals surface area contributed by atoms with Gasteiger partial charge in [-0.25, -0.2) is 4.39 Å². The SMILES string of the molecule is CCN(CC)CCC(=O)N[C@@H](CCN1CC2CN(C(=O)c3c(F)cccc3Cl)CC2C1)c1ccccc1. The van der Waals surface area contributed by atoms with E-state index >= 15 is 0 Å². The number of fused-ring (bicyclic) bond motifs is 1. The molecule has 37 heavy (non-hydrogen) atoms. The van der Waals surface area contributed by atoms with Gasteiger partial charge in [0.1, 0.15) is 5.82 Å². The van der Waals surface area contributed by atoms with Crippen molar-refractivity contribution < 1.29 is 14.0 Å². The Morgan fingerprint density at radius 1 is 1.03 bits per heavy atom. The highest BCUT2D eigenvalue weighted by molar-refractivity contribution is 6.33. The third kappa shape index (κ3) is 6.89. The second-order valence-electron chi connectivity index (χ2n) is 10.2. The fourth-order valence-corrected chi connectivity index (χ4v) is 5.93. The monoisotopic (exact) mass is 528 g/mol. The summed E-state index contributed by atoms with van der Waals surface area (Å²) < 4.78 is 14.3. The first-order valence-corrected chi connectivity index (χ1v) is 13.8. The van der Waals surface area contributed by atoms with Crippen LogP contribution in [-0.4, -0.2) is 78.9 Å². The summed E-state index contributed by atoms with van der Waals surface area (Å²) in [5.74, 6) is -0.0652. The molecule has 2 aliphatic heterocycles. The molecule has 200 valence electrons. The summed E-state index contributed by atoms with van der Waals surface area (Å²) in [4.78, 5) is 32.2. The molecule has 6 nitrogen and oxygen atoms in total. The first-order valence-electron chi connectivity index (χ1n) is 13.4. The van der Waals surface area contributed by atoms with Gasteiger partial charge in [0.25, 0.3) is 5.91 Å². The van der Waals surface area contributed by atoms with E-state index in [1.54, 1.807) is 11.0 Å². The summed E-state index contributed by atoms with van der Waals surface area (Å²) in [6.45, 7) is 10.8. The third-order valence-corrected chi connectivity index (χ3v) is 8.16. The number of hydrogen-bond donors (Lipinski definition) is 1. The van der Waals surface area contributed by atoms with Crippen molar-refractivity contribution in [3.05, 3.63) is 70.5 Å². The van der Waals surface area contributed by atoms with Crippen LogP contribution in [-0.2, 0) is 4.79 Å². The Balaban J connectivity index is 1.30. The van der Waals surface area contributed by atoms with Crippen LogP contribution in [0.3, 0.4) is 0 Å². The summed E-state index contributed by atoms with van der Waals surface area (Å²) in [7, 11) is 0. The lowest BCUT2D eigenvalue weighted by atomic mass is 10.0. The van der Waals surface area contributed by atoms with E-state index in [4.69, 9.17) is 11.6 Å². The fourth-order valence-electron chi connectivity index (χ4n) is 5.68. The molecule has 0 bridgehead atoms. The van der Waals surface area contributed by atoms with Crippen LogP contribution < -0.4 is 5.32 Å². The van der Waals surface area contributed by atoms with E-state index in [9.17, 15) is 14.0 Å². The van der Waals surface area contributed by atoms with Crippen molar-refractivity contribution in [3.8, 4) is 0 Å². The minimum absolute atomic E-state index is 0.0246. The molecule has 2 fully saturated rings. The normalized spacial score (nSPS) is 20.3. The van der Waals surface area contributed by atoms with Crippen molar-refractivity contribution in [1.82, 2.24) is 20.0 Å². The maximum absolute atomic E-state index is 14.3. The molecule has 2 aromatic carbocycles. The van der Waals surface area contributed by atoms with Gasteiger partial charge in [-0.05, 0) is 49.0 Å². The number of hydrogen-bond acceptors (Lipinski definition) is 4. The maximum atomic E-state index is 14.3. The van der Waals surface area contributed by atoms with Gasteiger partial charge in [-0.3, -0.25) is 9.59 Å². The second-order valence-corrected chi connectivity index (χ2v) is 10.6. The molecule has 2 saturated heterocycles. The van der Waals surface area contributed by atoms with Crippen molar-refractivity contribution in [2.24, 2.45) is 11.8 Å². The summed E-state index contributed by atoms with van der Waals surface area (Å²) in [5.41, 5.74) is 1.10. The smallest absolute Gasteiger partial charge is 0.258 e. The second kappa shape index (κ2) is 12.9. The molecule has 1 N–H and O–H groups in total. The lowest BCUT2D eigenvalue weighted by molar-refractivity contribution is -0.122. The third-order valence-electron chi connectivity index (χ3n) is 7.85. The highest BCUT2D eigenvalue weighted by Crippen LogP contribution is 2.33. The van der Waals surface area contributed by atoms with Gasteiger partial charge in [0, 0.05) is 45.7 Å². The van der Waals surface area contributed by atoms with Crippen molar-refractivity contribution >= 4 is 23.4 Å². The molecule has 2 amide bonds. The highest BCUT2D eigenvalue weighted by Gasteiger charge is 2.42. The first kappa shape index (κ1) is 27.6. The van der Waals surface area contributed by atoms with E-state index < -0.39 is 5.82 Å². The minimum atomic E-state index is -0.567. The van der Waals surface area contributed by atoms with Gasteiger partial charge < -0.3 is 20.0 Å². The van der Waals surface area contributed by atoms with Crippen LogP contribution in [0.4, 0.5) is 4.39 Å². The molecular formula is C29H38ClFN4O2. The highest BCUT2D eigenvalue weighted by atomic mass is 35.5. The number of likely N-dealkylation sites (tertiary alicyclic amines) is 2. The maximum Gasteiger partial charge on any atom is 0.258 e. The lowest BCUT2D eigenvalue weighted by Gasteiger charge is -2.25. The summed E-state index contributed by atoms with van der Waals surface area (Å²) in [5, 5.41) is 3.43. The van der Waals surface area contributed by atoms with Gasteiger partial charge in [0.2, 0.25) is 5.91 Å². The average Bonchev–Trinajstić information content (AvgIpc) is 3.46. The van der Waals surface area contributed by atoms with E-state index in [1.807, 2.05) is 18.2 Å². The molecule has 2 aromatic rings. The van der Waals surface area contributed by atoms with E-state index in [0.717, 1.165) is 51.3 Å². The van der Waals surface area contributed by atoms with Crippen LogP contribution in [0.1, 0.15) is 48.7 Å². The number of benzene rings is 2. The molecule has 2 unspecified atom stereocenters. The van der Waals surface area contributed by atoms with Crippen LogP contribution in [0.2, 0.25) is 5.02 Å². The van der Waals surface area contributed by atoms with Gasteiger partial charge in [-0.2, -0.15) is 0 Å². The molecule has 0 aromatic heterocycles. The average molecular weight is 529 g/mol. The molecule has 0 spiro atoms. The molecule has 0 aliphatic carbocycles. The summed E-state index contributed by atoms with van der Waals surface area (Å²) in [6, 6.07) is 14.5. The Labute approximate surface area is 224 Å². The Morgan fingerprint density at radius 2 is 1.70 bits per heavy atom. The zero-order chi connectivity index (χ0) is 26.4. The van der Waals surface area contributed by atoms with Crippen molar-refractivity contribution in [2.75, 3.05) is 52.4 Å². The van der Waals surface area contributed by atoms with Crippen LogP contribution >= 0.6 is 11.6 Å². The number of nitrogens with one attached hydrogen (secondary N) is 1. The predicted molar refractivity (Wildman–Crippen MR) is 145 cm³/mol. The number of rotatable bonds is 11. The minimum Gasteiger partial charge on any atom is -0.349 e. The van der Waals surface area contributed by atoms with Gasteiger partial charge in [0.15, 0.2) is 0 Å². The standard InChI is InChI=1S/C29H38ClFN4O2/c1-3-33(4-2)16-14-27(36)32-26(21-9-6-5-7-10-21)13-15-34-17-22-19-35(20-23(22)18-34)29(37)28-24(30)11-8-12-25(28)31/h5-12,22-23,26H,3-4,13-20H2,1-2H3,(H,32,36)/t22?,23?,26-/m0/s1. The topological polar surface area (TPSA) is 55.9 Å². The van der Waals surface area contributed by atoms with E-state index in [0.29, 0.717) is 31.3 Å². The van der Waals surface area contributed by atoms with Crippen LogP contribution in [0.5, 0.6) is 0 Å². The number of amides is 2. The molecule has 8 heteroatoms. The first-order chi connectivity index (χ1) is 17.9. The van der Waals surface area contributed by atoms with E-state index in [-0.39, 0.29) is 28.4 Å². The molecule has 0 saturated carbocycles. The van der Waals surface area contributed by atoms with Crippen LogP contribution in [0, 0.1) is 17.7 Å². The number of nitrogens with zero attached hydrogens (tertiary/aromatic N) is 3. The molecule has 2 aliphatic rings. The Morgan fingerprint density at radius 3 is 2.32 bits per heavy atom. The molecule has 4 rings (SSSR count). The lowest BCUT2D eigenvalue weighted by Crippen LogP contribution is -2.36. The number of halogens is 2. The zero-order valence-electron chi connectivity index (χ0n) is 21.8. The quantitative estimate of drug-likeness (QED) is 0.468. The summed E-state index contributed by atoms with van der Waals surface area (Å²) >= 11 is 6.13. The van der Waals surface area contributed by atoms with Gasteiger partial charge in [-0.15, -0.1) is 0 Å². The number of carbonyl (C=O) groups is 2. The molecular weight excluding hydrogens is 491 g/mol. The Bertz CT molecular complexity index is 1030. The largest absolute Gasteiger partial charge is 0.349 e. The van der Waals surface area contributed by atoms with Gasteiger partial charge in [-0.1, -0.05) is 61.8 Å². The predicted octanol–water partition coefficient (Wildman–Crippen LogP) is 4.46. The fraction of sp³-hybridized carbons (Fsp3) is 0.517. The molecule has 3 atom stereocenters.